The number of aliphatic hydroxyl groups excluding tert-OH is 4. The Bertz CT molecular complexity index is 1460. The maximum Gasteiger partial charge on any atom is 0.481 e. The van der Waals surface area contributed by atoms with Crippen LogP contribution in [0.15, 0.2) is 6.33 Å². The number of ether oxygens (including phenoxy) is 2. The van der Waals surface area contributed by atoms with Crippen LogP contribution in [-0.2, 0) is 39.2 Å². The van der Waals surface area contributed by atoms with Crippen molar-refractivity contribution in [3.05, 3.63) is 11.2 Å². The number of aliphatic hydroxyl groups is 5. The minimum absolute atomic E-state index is 0.100. The second kappa shape index (κ2) is 11.7. The van der Waals surface area contributed by atoms with Gasteiger partial charge in [0, 0.05) is 0 Å². The Kier molecular flexibility index (Phi) is 9.09. The Morgan fingerprint density at radius 3 is 2.65 bits per heavy atom. The Hall–Kier alpha value is -0.940. The van der Waals surface area contributed by atoms with Crippen LogP contribution in [0, 0.1) is 11.8 Å². The first-order chi connectivity index (χ1) is 20.0. The first-order valence-corrected chi connectivity index (χ1v) is 17.5. The standard InChI is InChI=1S/C20H30FN5O13P2S2/c1-19(21)15(23-2)7(36-16(19)14-10-11(26-43-14)17(22)25-5-24-10)4-35-41(34,42)39-40(32,33)38-18-9-13(30)12(29)8(6(28)3-27)20(9,31)37-18/h5-9,12-13,15-16,18,23,27-31H,3-4H2,1-2H3,(H,32,33)(H,34,42)(H2,22,24,25)/t6-,7+,8?,9?,12?,13?,15+,16-,18?,19+,20?,41?/m0/s1. The highest BCUT2D eigenvalue weighted by molar-refractivity contribution is 8.08. The molecule has 10 N–H and O–H groups in total. The molecule has 13 atom stereocenters. The molecule has 8 unspecified atom stereocenters. The summed E-state index contributed by atoms with van der Waals surface area (Å²) < 4.78 is 58.6. The second-order valence-corrected chi connectivity index (χ2v) is 15.6. The molecule has 3 aliphatic rings. The lowest BCUT2D eigenvalue weighted by Crippen LogP contribution is -2.64. The molecular weight excluding hydrogens is 663 g/mol. The van der Waals surface area contributed by atoms with Crippen LogP contribution in [0.3, 0.4) is 0 Å². The fourth-order valence-electron chi connectivity index (χ4n) is 5.82. The number of aromatic nitrogens is 3. The highest BCUT2D eigenvalue weighted by Gasteiger charge is 2.73. The summed E-state index contributed by atoms with van der Waals surface area (Å²) >= 11 is 5.75. The minimum Gasteiger partial charge on any atom is -0.394 e. The van der Waals surface area contributed by atoms with Crippen molar-refractivity contribution in [3.8, 4) is 0 Å². The molecule has 2 aromatic rings. The monoisotopic (exact) mass is 693 g/mol. The van der Waals surface area contributed by atoms with Gasteiger partial charge in [0.1, 0.15) is 29.6 Å². The summed E-state index contributed by atoms with van der Waals surface area (Å²) in [5.74, 6) is -5.45. The SMILES string of the molecule is CN[C@@H]1[C@@H](COP(O)(=S)OP(=O)(O)OC2OC3(O)C2C(O)C(O)C3[C@@H](O)CO)O[C@@H](c2snc3c(N)ncnc23)[C@]1(C)F. The Balaban J connectivity index is 1.24. The van der Waals surface area contributed by atoms with Gasteiger partial charge in [-0.05, 0) is 37.3 Å². The molecule has 0 radical (unpaired) electrons. The molecule has 18 nitrogen and oxygen atoms in total. The molecule has 0 aromatic carbocycles. The Morgan fingerprint density at radius 1 is 1.30 bits per heavy atom. The smallest absolute Gasteiger partial charge is 0.394 e. The summed E-state index contributed by atoms with van der Waals surface area (Å²) in [6.07, 6.45) is -8.29. The van der Waals surface area contributed by atoms with E-state index < -0.39 is 93.9 Å². The molecule has 2 aromatic heterocycles. The lowest BCUT2D eigenvalue weighted by atomic mass is 9.86. The summed E-state index contributed by atoms with van der Waals surface area (Å²) in [5, 5.41) is 53.0. The van der Waals surface area contributed by atoms with Crippen LogP contribution in [0.1, 0.15) is 17.9 Å². The number of alkyl halides is 1. The van der Waals surface area contributed by atoms with Crippen molar-refractivity contribution >= 4 is 54.7 Å². The van der Waals surface area contributed by atoms with Gasteiger partial charge in [0.05, 0.1) is 54.3 Å². The Labute approximate surface area is 251 Å². The fraction of sp³-hybridized carbons (Fsp3) is 0.750. The fourth-order valence-corrected chi connectivity index (χ4v) is 9.91. The van der Waals surface area contributed by atoms with Gasteiger partial charge in [-0.15, -0.1) is 0 Å². The van der Waals surface area contributed by atoms with Crippen LogP contribution in [-0.4, -0.2) is 118 Å². The number of phosphoric acid groups is 1. The van der Waals surface area contributed by atoms with E-state index >= 15 is 4.39 Å². The van der Waals surface area contributed by atoms with E-state index in [0.29, 0.717) is 10.4 Å². The van der Waals surface area contributed by atoms with Crippen molar-refractivity contribution in [1.29, 1.82) is 0 Å². The summed E-state index contributed by atoms with van der Waals surface area (Å²) in [7, 11) is -3.87. The molecule has 0 spiro atoms. The van der Waals surface area contributed by atoms with Crippen molar-refractivity contribution in [1.82, 2.24) is 19.7 Å². The molecule has 1 saturated carbocycles. The van der Waals surface area contributed by atoms with Gasteiger partial charge < -0.3 is 60.4 Å². The van der Waals surface area contributed by atoms with Gasteiger partial charge in [-0.3, -0.25) is 4.52 Å². The summed E-state index contributed by atoms with van der Waals surface area (Å²) in [6.45, 7) is -4.84. The lowest BCUT2D eigenvalue weighted by molar-refractivity contribution is -0.427. The molecule has 242 valence electrons. The zero-order valence-electron chi connectivity index (χ0n) is 22.3. The highest BCUT2D eigenvalue weighted by Crippen LogP contribution is 2.65. The number of rotatable bonds is 11. The number of nitrogens with zero attached hydrogens (tertiary/aromatic N) is 3. The van der Waals surface area contributed by atoms with Crippen molar-refractivity contribution in [2.75, 3.05) is 26.0 Å². The van der Waals surface area contributed by atoms with Crippen LogP contribution in [0.25, 0.3) is 11.0 Å². The van der Waals surface area contributed by atoms with Crippen molar-refractivity contribution in [3.63, 3.8) is 0 Å². The molecular formula is C20H30FN5O13P2S2. The van der Waals surface area contributed by atoms with E-state index in [1.165, 1.54) is 20.3 Å². The number of nitrogens with one attached hydrogen (secondary N) is 1. The predicted octanol–water partition coefficient (Wildman–Crippen LogP) is -1.84. The Morgan fingerprint density at radius 2 is 2.00 bits per heavy atom. The normalized spacial score (nSPS) is 41.0. The molecule has 3 fully saturated rings. The summed E-state index contributed by atoms with van der Waals surface area (Å²) in [5.41, 5.74) is 4.32. The van der Waals surface area contributed by atoms with Gasteiger partial charge in [0.2, 0.25) is 0 Å². The van der Waals surface area contributed by atoms with Gasteiger partial charge >= 0.3 is 14.5 Å². The number of hydrogen-bond donors (Lipinski definition) is 9. The molecule has 43 heavy (non-hydrogen) atoms. The zero-order valence-corrected chi connectivity index (χ0v) is 25.7. The van der Waals surface area contributed by atoms with Crippen LogP contribution in [0.5, 0.6) is 0 Å². The van der Waals surface area contributed by atoms with Gasteiger partial charge in [-0.1, -0.05) is 0 Å². The van der Waals surface area contributed by atoms with Crippen LogP contribution >= 0.6 is 26.1 Å². The van der Waals surface area contributed by atoms with E-state index in [1.54, 1.807) is 0 Å². The third kappa shape index (κ3) is 5.79. The molecule has 5 rings (SSSR count). The third-order valence-corrected chi connectivity index (χ3v) is 12.2. The number of nitrogen functional groups attached to an aromatic ring is 1. The number of halogens is 1. The maximum absolute atomic E-state index is 16.1. The van der Waals surface area contributed by atoms with Crippen molar-refractivity contribution < 1.29 is 67.1 Å². The van der Waals surface area contributed by atoms with Gasteiger partial charge in [0.25, 0.3) is 0 Å². The van der Waals surface area contributed by atoms with Crippen molar-refractivity contribution in [2.24, 2.45) is 11.8 Å². The molecule has 23 heteroatoms. The van der Waals surface area contributed by atoms with Crippen LogP contribution in [0.4, 0.5) is 10.2 Å². The number of anilines is 1. The molecule has 2 aliphatic heterocycles. The van der Waals surface area contributed by atoms with Gasteiger partial charge in [0.15, 0.2) is 23.6 Å². The van der Waals surface area contributed by atoms with E-state index in [2.05, 4.69) is 24.0 Å². The number of fused-ring (bicyclic) bond motifs is 2. The summed E-state index contributed by atoms with van der Waals surface area (Å²) in [4.78, 5) is 29.1. The van der Waals surface area contributed by atoms with E-state index in [0.717, 1.165) is 11.5 Å². The first-order valence-electron chi connectivity index (χ1n) is 12.6. The molecule has 1 aliphatic carbocycles. The van der Waals surface area contributed by atoms with Gasteiger partial charge in [-0.2, -0.15) is 4.37 Å². The van der Waals surface area contributed by atoms with Gasteiger partial charge in [-0.25, -0.2) is 23.2 Å². The third-order valence-electron chi connectivity index (χ3n) is 7.76. The molecule has 0 bridgehead atoms. The number of nitrogens with two attached hydrogens (primary N) is 1. The lowest BCUT2D eigenvalue weighted by Gasteiger charge is -2.49. The molecule has 2 saturated heterocycles. The van der Waals surface area contributed by atoms with Crippen LogP contribution in [0.2, 0.25) is 0 Å². The highest BCUT2D eigenvalue weighted by atomic mass is 32.5. The van der Waals surface area contributed by atoms with E-state index in [1.807, 2.05) is 0 Å². The molecule has 0 amide bonds. The quantitative estimate of drug-likeness (QED) is 0.117. The van der Waals surface area contributed by atoms with Crippen molar-refractivity contribution in [2.45, 2.75) is 61.2 Å². The summed E-state index contributed by atoms with van der Waals surface area (Å²) in [6, 6.07) is -1.04. The van der Waals surface area contributed by atoms with E-state index in [-0.39, 0.29) is 11.3 Å². The minimum atomic E-state index is -5.34. The maximum atomic E-state index is 16.1. The number of hydrogen-bond acceptors (Lipinski definition) is 18. The van der Waals surface area contributed by atoms with Crippen LogP contribution < -0.4 is 11.1 Å². The van der Waals surface area contributed by atoms with E-state index in [4.69, 9.17) is 36.1 Å². The predicted molar refractivity (Wildman–Crippen MR) is 146 cm³/mol. The average molecular weight is 694 g/mol. The first kappa shape index (κ1) is 33.4. The topological polar surface area (TPSA) is 282 Å². The number of phosphoric ester groups is 1. The van der Waals surface area contributed by atoms with E-state index in [9.17, 15) is 39.9 Å². The second-order valence-electron chi connectivity index (χ2n) is 10.4. The number of likely N-dealkylation sites (N-methyl/N-ethyl adjacent to an activating group) is 1. The largest absolute Gasteiger partial charge is 0.481 e. The molecule has 4 heterocycles. The average Bonchev–Trinajstić information content (AvgIpc) is 3.48. The zero-order chi connectivity index (χ0) is 31.7.